The van der Waals surface area contributed by atoms with Crippen molar-refractivity contribution >= 4 is 5.91 Å². The van der Waals surface area contributed by atoms with Gasteiger partial charge in [0.15, 0.2) is 0 Å². The summed E-state index contributed by atoms with van der Waals surface area (Å²) in [7, 11) is 1.76. The lowest BCUT2D eigenvalue weighted by Gasteiger charge is -2.31. The van der Waals surface area contributed by atoms with Crippen molar-refractivity contribution in [3.05, 3.63) is 29.6 Å². The Morgan fingerprint density at radius 3 is 2.80 bits per heavy atom. The Labute approximate surface area is 119 Å². The highest BCUT2D eigenvalue weighted by molar-refractivity contribution is 5.93. The highest BCUT2D eigenvalue weighted by atomic mass is 16.5. The number of nitrogens with one attached hydrogen (secondary N) is 1. The average molecular weight is 278 g/mol. The molecule has 1 aliphatic heterocycles. The Bertz CT molecular complexity index is 427. The summed E-state index contributed by atoms with van der Waals surface area (Å²) in [5, 5.41) is 0. The molecule has 1 fully saturated rings. The van der Waals surface area contributed by atoms with Gasteiger partial charge in [-0.2, -0.15) is 0 Å². The van der Waals surface area contributed by atoms with Crippen LogP contribution in [0.2, 0.25) is 0 Å². The molecule has 6 heteroatoms. The zero-order chi connectivity index (χ0) is 14.4. The van der Waals surface area contributed by atoms with E-state index in [1.165, 1.54) is 12.8 Å². The molecule has 0 spiro atoms. The molecule has 6 nitrogen and oxygen atoms in total. The smallest absolute Gasteiger partial charge is 0.266 e. The lowest BCUT2D eigenvalue weighted by Crippen LogP contribution is -2.34. The molecule has 0 aromatic carbocycles. The Hall–Kier alpha value is -1.50. The molecule has 2 rings (SSSR count). The van der Waals surface area contributed by atoms with Crippen LogP contribution >= 0.6 is 0 Å². The van der Waals surface area contributed by atoms with E-state index >= 15 is 0 Å². The third-order valence-corrected chi connectivity index (χ3v) is 3.71. The number of ether oxygens (including phenoxy) is 1. The van der Waals surface area contributed by atoms with E-state index in [-0.39, 0.29) is 5.91 Å². The van der Waals surface area contributed by atoms with Crippen LogP contribution in [0.3, 0.4) is 0 Å². The van der Waals surface area contributed by atoms with Crippen LogP contribution in [0, 0.1) is 5.92 Å². The van der Waals surface area contributed by atoms with Gasteiger partial charge in [0.1, 0.15) is 0 Å². The second-order valence-electron chi connectivity index (χ2n) is 5.19. The van der Waals surface area contributed by atoms with E-state index in [4.69, 9.17) is 10.6 Å². The fourth-order valence-electron chi connectivity index (χ4n) is 2.51. The van der Waals surface area contributed by atoms with Crippen molar-refractivity contribution < 1.29 is 9.53 Å². The molecule has 0 bridgehead atoms. The normalized spacial score (nSPS) is 17.1. The fourth-order valence-corrected chi connectivity index (χ4v) is 2.51. The lowest BCUT2D eigenvalue weighted by atomic mass is 9.98. The van der Waals surface area contributed by atoms with Crippen LogP contribution in [0.25, 0.3) is 0 Å². The standard InChI is InChI=1S/C14H22N4O2/c1-20-10-11-4-6-18(7-5-11)9-13-3-2-12(8-16-13)14(19)17-15/h2-3,8,11H,4-7,9-10,15H2,1H3,(H,17,19). The summed E-state index contributed by atoms with van der Waals surface area (Å²) in [6.07, 6.45) is 3.90. The first-order valence-corrected chi connectivity index (χ1v) is 6.90. The van der Waals surface area contributed by atoms with Crippen molar-refractivity contribution in [1.29, 1.82) is 0 Å². The van der Waals surface area contributed by atoms with Gasteiger partial charge in [0.05, 0.1) is 11.3 Å². The van der Waals surface area contributed by atoms with Crippen LogP contribution in [0.1, 0.15) is 28.9 Å². The molecule has 3 N–H and O–H groups in total. The molecule has 0 unspecified atom stereocenters. The van der Waals surface area contributed by atoms with Crippen molar-refractivity contribution in [2.24, 2.45) is 11.8 Å². The van der Waals surface area contributed by atoms with Gasteiger partial charge in [-0.1, -0.05) is 0 Å². The lowest BCUT2D eigenvalue weighted by molar-refractivity contribution is 0.0951. The third kappa shape index (κ3) is 4.00. The van der Waals surface area contributed by atoms with Crippen molar-refractivity contribution in [2.45, 2.75) is 19.4 Å². The van der Waals surface area contributed by atoms with Crippen LogP contribution < -0.4 is 11.3 Å². The molecule has 1 aromatic rings. The maximum absolute atomic E-state index is 11.3. The van der Waals surface area contributed by atoms with Crippen LogP contribution in [-0.4, -0.2) is 42.6 Å². The fraction of sp³-hybridized carbons (Fsp3) is 0.571. The number of piperidine rings is 1. The molecule has 20 heavy (non-hydrogen) atoms. The number of carbonyl (C=O) groups excluding carboxylic acids is 1. The molecule has 110 valence electrons. The van der Waals surface area contributed by atoms with Crippen LogP contribution in [0.15, 0.2) is 18.3 Å². The summed E-state index contributed by atoms with van der Waals surface area (Å²) < 4.78 is 5.20. The first-order chi connectivity index (χ1) is 9.72. The van der Waals surface area contributed by atoms with Gasteiger partial charge in [0.2, 0.25) is 0 Å². The molecule has 0 saturated carbocycles. The largest absolute Gasteiger partial charge is 0.384 e. The van der Waals surface area contributed by atoms with Crippen molar-refractivity contribution in [1.82, 2.24) is 15.3 Å². The molecular formula is C14H22N4O2. The van der Waals surface area contributed by atoms with Gasteiger partial charge in [0.25, 0.3) is 5.91 Å². The van der Waals surface area contributed by atoms with Gasteiger partial charge in [0, 0.05) is 26.5 Å². The SMILES string of the molecule is COCC1CCN(Cc2ccc(C(=O)NN)cn2)CC1. The van der Waals surface area contributed by atoms with Crippen LogP contribution in [-0.2, 0) is 11.3 Å². The van der Waals surface area contributed by atoms with Gasteiger partial charge >= 0.3 is 0 Å². The molecule has 1 aliphatic rings. The second kappa shape index (κ2) is 7.33. The molecule has 1 amide bonds. The number of nitrogen functional groups attached to an aromatic ring is 1. The number of rotatable bonds is 5. The minimum absolute atomic E-state index is 0.315. The number of pyridine rings is 1. The number of hydrogen-bond donors (Lipinski definition) is 2. The highest BCUT2D eigenvalue weighted by Crippen LogP contribution is 2.18. The summed E-state index contributed by atoms with van der Waals surface area (Å²) in [6, 6.07) is 3.63. The van der Waals surface area contributed by atoms with Gasteiger partial charge in [-0.05, 0) is 44.0 Å². The predicted molar refractivity (Wildman–Crippen MR) is 75.8 cm³/mol. The summed E-state index contributed by atoms with van der Waals surface area (Å²) in [6.45, 7) is 3.82. The Morgan fingerprint density at radius 1 is 1.50 bits per heavy atom. The molecule has 0 aliphatic carbocycles. The number of nitrogens with zero attached hydrogens (tertiary/aromatic N) is 2. The minimum Gasteiger partial charge on any atom is -0.384 e. The number of carbonyl (C=O) groups is 1. The molecule has 1 saturated heterocycles. The number of hydrogen-bond acceptors (Lipinski definition) is 5. The second-order valence-corrected chi connectivity index (χ2v) is 5.19. The zero-order valence-corrected chi connectivity index (χ0v) is 11.8. The number of nitrogens with two attached hydrogens (primary N) is 1. The van der Waals surface area contributed by atoms with Crippen LogP contribution in [0.5, 0.6) is 0 Å². The number of aromatic nitrogens is 1. The third-order valence-electron chi connectivity index (χ3n) is 3.71. The number of amides is 1. The van der Waals surface area contributed by atoms with Gasteiger partial charge in [-0.3, -0.25) is 20.1 Å². The van der Waals surface area contributed by atoms with Crippen molar-refractivity contribution in [3.63, 3.8) is 0 Å². The topological polar surface area (TPSA) is 80.5 Å². The summed E-state index contributed by atoms with van der Waals surface area (Å²) in [4.78, 5) is 18.0. The van der Waals surface area contributed by atoms with Crippen molar-refractivity contribution in [2.75, 3.05) is 26.8 Å². The summed E-state index contributed by atoms with van der Waals surface area (Å²) >= 11 is 0. The first-order valence-electron chi connectivity index (χ1n) is 6.90. The Morgan fingerprint density at radius 2 is 2.25 bits per heavy atom. The quantitative estimate of drug-likeness (QED) is 0.467. The van der Waals surface area contributed by atoms with E-state index < -0.39 is 0 Å². The summed E-state index contributed by atoms with van der Waals surface area (Å²) in [5.41, 5.74) is 3.55. The molecule has 2 heterocycles. The van der Waals surface area contributed by atoms with E-state index in [9.17, 15) is 4.79 Å². The van der Waals surface area contributed by atoms with E-state index in [2.05, 4.69) is 15.3 Å². The Kier molecular flexibility index (Phi) is 5.46. The monoisotopic (exact) mass is 278 g/mol. The number of likely N-dealkylation sites (tertiary alicyclic amines) is 1. The van der Waals surface area contributed by atoms with E-state index in [1.54, 1.807) is 19.4 Å². The molecule has 0 atom stereocenters. The van der Waals surface area contributed by atoms with E-state index in [0.29, 0.717) is 11.5 Å². The average Bonchev–Trinajstić information content (AvgIpc) is 2.49. The van der Waals surface area contributed by atoms with Gasteiger partial charge in [-0.15, -0.1) is 0 Å². The first kappa shape index (κ1) is 14.9. The molecule has 0 radical (unpaired) electrons. The van der Waals surface area contributed by atoms with Gasteiger partial charge < -0.3 is 4.74 Å². The minimum atomic E-state index is -0.315. The number of hydrazine groups is 1. The summed E-state index contributed by atoms with van der Waals surface area (Å²) in [5.74, 6) is 5.45. The highest BCUT2D eigenvalue weighted by Gasteiger charge is 2.19. The maximum atomic E-state index is 11.3. The van der Waals surface area contributed by atoms with Crippen LogP contribution in [0.4, 0.5) is 0 Å². The van der Waals surface area contributed by atoms with E-state index in [1.807, 2.05) is 6.07 Å². The maximum Gasteiger partial charge on any atom is 0.266 e. The molecule has 1 aromatic heterocycles. The molecular weight excluding hydrogens is 256 g/mol. The zero-order valence-electron chi connectivity index (χ0n) is 11.8. The number of methoxy groups -OCH3 is 1. The predicted octanol–water partition coefficient (Wildman–Crippen LogP) is 0.544. The Balaban J connectivity index is 1.84. The van der Waals surface area contributed by atoms with Crippen molar-refractivity contribution in [3.8, 4) is 0 Å². The van der Waals surface area contributed by atoms with Gasteiger partial charge in [-0.25, -0.2) is 5.84 Å². The van der Waals surface area contributed by atoms with E-state index in [0.717, 1.165) is 31.9 Å².